The average Bonchev–Trinajstić information content (AvgIpc) is 2.85. The topological polar surface area (TPSA) is 61.3 Å². The Morgan fingerprint density at radius 2 is 1.74 bits per heavy atom. The molecule has 0 aliphatic carbocycles. The second-order valence-corrected chi connectivity index (χ2v) is 8.30. The van der Waals surface area contributed by atoms with Crippen molar-refractivity contribution in [1.82, 2.24) is 9.97 Å². The van der Waals surface area contributed by atoms with Crippen molar-refractivity contribution in [3.63, 3.8) is 0 Å². The third-order valence-corrected chi connectivity index (χ3v) is 6.02. The van der Waals surface area contributed by atoms with Crippen LogP contribution in [0.25, 0.3) is 22.2 Å². The van der Waals surface area contributed by atoms with Crippen molar-refractivity contribution in [3.05, 3.63) is 96.2 Å². The van der Waals surface area contributed by atoms with Crippen LogP contribution in [-0.2, 0) is 21.1 Å². The number of pyridine rings is 2. The number of fused-ring (bicyclic) bond motifs is 3. The molecule has 34 heavy (non-hydrogen) atoms. The maximum Gasteiger partial charge on any atom is 0.140 e. The van der Waals surface area contributed by atoms with Crippen LogP contribution in [0.15, 0.2) is 79.0 Å². The van der Waals surface area contributed by atoms with Crippen LogP contribution in [0.3, 0.4) is 0 Å². The second kappa shape index (κ2) is 8.58. The molecule has 1 aliphatic heterocycles. The normalized spacial score (nSPS) is 11.9. The van der Waals surface area contributed by atoms with E-state index in [0.717, 1.165) is 56.3 Å². The van der Waals surface area contributed by atoms with Gasteiger partial charge in [0.2, 0.25) is 0 Å². The number of benzene rings is 3. The Morgan fingerprint density at radius 3 is 2.56 bits per heavy atom. The van der Waals surface area contributed by atoms with Crippen LogP contribution in [0.2, 0.25) is 0 Å². The van der Waals surface area contributed by atoms with Gasteiger partial charge in [-0.25, -0.2) is 4.98 Å². The number of nitrogens with one attached hydrogen (secondary N) is 1. The van der Waals surface area contributed by atoms with Crippen molar-refractivity contribution in [2.75, 3.05) is 10.2 Å². The van der Waals surface area contributed by atoms with E-state index in [9.17, 15) is 5.11 Å². The van der Waals surface area contributed by atoms with E-state index in [1.54, 1.807) is 6.07 Å². The van der Waals surface area contributed by atoms with Gasteiger partial charge in [-0.1, -0.05) is 36.4 Å². The molecule has 0 bridgehead atoms. The van der Waals surface area contributed by atoms with Crippen molar-refractivity contribution in [1.29, 1.82) is 0 Å². The van der Waals surface area contributed by atoms with Crippen LogP contribution in [0.5, 0.6) is 5.75 Å². The molecule has 0 saturated heterocycles. The van der Waals surface area contributed by atoms with Gasteiger partial charge in [0.05, 0.1) is 11.4 Å². The van der Waals surface area contributed by atoms with Crippen molar-refractivity contribution in [2.24, 2.45) is 0 Å². The van der Waals surface area contributed by atoms with E-state index in [-0.39, 0.29) is 26.8 Å². The van der Waals surface area contributed by atoms with Gasteiger partial charge in [0.1, 0.15) is 17.1 Å². The fourth-order valence-electron chi connectivity index (χ4n) is 4.27. The van der Waals surface area contributed by atoms with Crippen molar-refractivity contribution in [2.45, 2.75) is 13.8 Å². The molecule has 0 atom stereocenters. The Morgan fingerprint density at radius 1 is 0.882 bits per heavy atom. The van der Waals surface area contributed by atoms with E-state index in [1.165, 1.54) is 0 Å². The molecule has 2 N–H and O–H groups in total. The van der Waals surface area contributed by atoms with Gasteiger partial charge >= 0.3 is 0 Å². The number of hydrogen-bond donors (Lipinski definition) is 2. The summed E-state index contributed by atoms with van der Waals surface area (Å²) in [6, 6.07) is 27.4. The Bertz CT molecular complexity index is 1530. The molecule has 6 rings (SSSR count). The van der Waals surface area contributed by atoms with E-state index in [4.69, 9.17) is 9.97 Å². The number of anilines is 5. The van der Waals surface area contributed by atoms with Crippen molar-refractivity contribution < 1.29 is 26.2 Å². The number of rotatable bonds is 2. The van der Waals surface area contributed by atoms with Crippen LogP contribution in [-0.4, -0.2) is 15.1 Å². The van der Waals surface area contributed by atoms with Gasteiger partial charge in [-0.15, -0.1) is 23.8 Å². The maximum absolute atomic E-state index is 10.4. The van der Waals surface area contributed by atoms with Crippen LogP contribution in [0.1, 0.15) is 11.1 Å². The van der Waals surface area contributed by atoms with E-state index < -0.39 is 0 Å². The second-order valence-electron chi connectivity index (χ2n) is 8.30. The summed E-state index contributed by atoms with van der Waals surface area (Å²) < 4.78 is 0. The predicted molar refractivity (Wildman–Crippen MR) is 133 cm³/mol. The monoisotopic (exact) mass is 624 g/mol. The summed E-state index contributed by atoms with van der Waals surface area (Å²) in [5.74, 6) is 1.00. The Hall–Kier alpha value is -3.69. The van der Waals surface area contributed by atoms with E-state index in [0.29, 0.717) is 5.52 Å². The molecule has 0 spiro atoms. The molecule has 2 aromatic heterocycles. The number of para-hydroxylation sites is 2. The SMILES string of the molecule is Cc1ccc(N2c3[c-]c(-c4ccc5c(C)ccc(O)c5n4)ccc3Nc3ccccc32)nc1.[Pt]. The van der Waals surface area contributed by atoms with Gasteiger partial charge in [-0.05, 0) is 66.3 Å². The molecule has 5 aromatic rings. The first kappa shape index (κ1) is 22.1. The number of aromatic nitrogens is 2. The van der Waals surface area contributed by atoms with Gasteiger partial charge in [-0.2, -0.15) is 0 Å². The minimum absolute atomic E-state index is 0. The van der Waals surface area contributed by atoms with Gasteiger partial charge in [0, 0.05) is 32.6 Å². The zero-order valence-electron chi connectivity index (χ0n) is 18.6. The molecule has 3 aromatic carbocycles. The molecular weight excluding hydrogens is 603 g/mol. The standard InChI is InChI=1S/C28H21N4O.Pt/c1-17-7-14-27(29-16-17)32-24-6-4-3-5-22(24)30-23-11-9-19(15-25(23)32)21-12-10-20-18(2)8-13-26(33)28(20)31-21;/h3-14,16,30,33H,1-2H3;/q-1;. The van der Waals surface area contributed by atoms with Gasteiger partial charge in [0.15, 0.2) is 0 Å². The molecular formula is C28H21N4OPt-. The maximum atomic E-state index is 10.4. The molecule has 1 aliphatic rings. The van der Waals surface area contributed by atoms with Gasteiger partial charge < -0.3 is 15.3 Å². The largest absolute Gasteiger partial charge is 0.506 e. The van der Waals surface area contributed by atoms with Crippen LogP contribution >= 0.6 is 0 Å². The predicted octanol–water partition coefficient (Wildman–Crippen LogP) is 6.94. The Kier molecular flexibility index (Phi) is 5.58. The summed E-state index contributed by atoms with van der Waals surface area (Å²) in [6.45, 7) is 4.05. The molecule has 0 saturated carbocycles. The molecule has 0 radical (unpaired) electrons. The third kappa shape index (κ3) is 3.63. The number of phenolic OH excluding ortho intramolecular Hbond substituents is 1. The molecule has 0 unspecified atom stereocenters. The number of hydrogen-bond acceptors (Lipinski definition) is 5. The number of aromatic hydroxyl groups is 1. The summed E-state index contributed by atoms with van der Waals surface area (Å²) in [5, 5.41) is 14.8. The summed E-state index contributed by atoms with van der Waals surface area (Å²) in [6.07, 6.45) is 1.87. The van der Waals surface area contributed by atoms with Gasteiger partial charge in [0.25, 0.3) is 0 Å². The van der Waals surface area contributed by atoms with E-state index in [2.05, 4.69) is 34.5 Å². The molecule has 0 fully saturated rings. The minimum Gasteiger partial charge on any atom is -0.506 e. The third-order valence-electron chi connectivity index (χ3n) is 6.02. The van der Waals surface area contributed by atoms with Crippen molar-refractivity contribution >= 4 is 39.5 Å². The zero-order chi connectivity index (χ0) is 22.5. The van der Waals surface area contributed by atoms with E-state index in [1.807, 2.05) is 68.6 Å². The first-order chi connectivity index (χ1) is 16.1. The van der Waals surface area contributed by atoms with Crippen LogP contribution in [0, 0.1) is 19.9 Å². The summed E-state index contributed by atoms with van der Waals surface area (Å²) >= 11 is 0. The Balaban J connectivity index is 0.00000241. The van der Waals surface area contributed by atoms with E-state index >= 15 is 0 Å². The molecule has 0 amide bonds. The van der Waals surface area contributed by atoms with Gasteiger partial charge in [-0.3, -0.25) is 4.98 Å². The number of phenols is 1. The molecule has 3 heterocycles. The summed E-state index contributed by atoms with van der Waals surface area (Å²) in [4.78, 5) is 11.6. The molecule has 5 nitrogen and oxygen atoms in total. The fraction of sp³-hybridized carbons (Fsp3) is 0.0714. The first-order valence-corrected chi connectivity index (χ1v) is 10.8. The molecule has 6 heteroatoms. The number of aryl methyl sites for hydroxylation is 2. The molecule has 170 valence electrons. The fourth-order valence-corrected chi connectivity index (χ4v) is 4.27. The average molecular weight is 625 g/mol. The zero-order valence-corrected chi connectivity index (χ0v) is 20.9. The Labute approximate surface area is 212 Å². The summed E-state index contributed by atoms with van der Waals surface area (Å²) in [5.41, 5.74) is 8.21. The first-order valence-electron chi connectivity index (χ1n) is 10.8. The summed E-state index contributed by atoms with van der Waals surface area (Å²) in [7, 11) is 0. The quantitative estimate of drug-likeness (QED) is 0.205. The van der Waals surface area contributed by atoms with Crippen LogP contribution < -0.4 is 10.2 Å². The van der Waals surface area contributed by atoms with Crippen LogP contribution in [0.4, 0.5) is 28.6 Å². The smallest absolute Gasteiger partial charge is 0.140 e. The number of nitrogens with zero attached hydrogens (tertiary/aromatic N) is 3. The minimum atomic E-state index is 0. The van der Waals surface area contributed by atoms with Crippen molar-refractivity contribution in [3.8, 4) is 17.0 Å².